The molecule has 3 nitrogen and oxygen atoms in total. The van der Waals surface area contributed by atoms with Crippen molar-refractivity contribution in [1.29, 1.82) is 0 Å². The summed E-state index contributed by atoms with van der Waals surface area (Å²) < 4.78 is 2.42. The molecule has 5 aromatic rings. The van der Waals surface area contributed by atoms with Crippen LogP contribution in [0.15, 0.2) is 78.3 Å². The van der Waals surface area contributed by atoms with Gasteiger partial charge in [0.25, 0.3) is 0 Å². The van der Waals surface area contributed by atoms with E-state index in [1.54, 1.807) is 11.3 Å². The average molecular weight is 486 g/mol. The fraction of sp³-hybridized carbons (Fsp3) is 0.241. The van der Waals surface area contributed by atoms with Crippen molar-refractivity contribution in [3.63, 3.8) is 0 Å². The fourth-order valence-corrected chi connectivity index (χ4v) is 5.66. The molecule has 2 aromatic heterocycles. The molecule has 172 valence electrons. The van der Waals surface area contributed by atoms with Gasteiger partial charge in [-0.15, -0.1) is 11.3 Å². The van der Waals surface area contributed by atoms with Crippen molar-refractivity contribution >= 4 is 34.0 Å². The van der Waals surface area contributed by atoms with E-state index in [4.69, 9.17) is 21.6 Å². The van der Waals surface area contributed by atoms with Crippen molar-refractivity contribution in [2.75, 3.05) is 0 Å². The number of imidazole rings is 1. The summed E-state index contributed by atoms with van der Waals surface area (Å²) in [5.74, 6) is 1.22. The van der Waals surface area contributed by atoms with Crippen LogP contribution in [-0.4, -0.2) is 14.5 Å². The first-order chi connectivity index (χ1) is 16.5. The van der Waals surface area contributed by atoms with Crippen LogP contribution in [-0.2, 0) is 12.8 Å². The molecule has 2 atom stereocenters. The summed E-state index contributed by atoms with van der Waals surface area (Å²) in [6.45, 7) is 6.58. The number of benzene rings is 3. The van der Waals surface area contributed by atoms with Crippen LogP contribution in [0.25, 0.3) is 11.0 Å². The Morgan fingerprint density at radius 3 is 2.38 bits per heavy atom. The number of hydrogen-bond acceptors (Lipinski definition) is 3. The Hall–Kier alpha value is -2.95. The van der Waals surface area contributed by atoms with E-state index in [-0.39, 0.29) is 12.0 Å². The third kappa shape index (κ3) is 4.53. The van der Waals surface area contributed by atoms with Gasteiger partial charge >= 0.3 is 0 Å². The molecule has 0 N–H and O–H groups in total. The maximum atomic E-state index is 6.10. The van der Waals surface area contributed by atoms with Crippen molar-refractivity contribution in [2.24, 2.45) is 0 Å². The van der Waals surface area contributed by atoms with E-state index in [0.29, 0.717) is 0 Å². The maximum Gasteiger partial charge on any atom is 0.109 e. The van der Waals surface area contributed by atoms with E-state index in [9.17, 15) is 0 Å². The quantitative estimate of drug-likeness (QED) is 0.234. The molecule has 2 heterocycles. The number of aryl methyl sites for hydroxylation is 2. The Balaban J connectivity index is 1.60. The molecule has 0 saturated carbocycles. The minimum Gasteiger partial charge on any atom is -0.325 e. The van der Waals surface area contributed by atoms with Gasteiger partial charge < -0.3 is 4.57 Å². The number of halogens is 1. The van der Waals surface area contributed by atoms with E-state index < -0.39 is 0 Å². The van der Waals surface area contributed by atoms with Crippen LogP contribution in [0.2, 0.25) is 5.02 Å². The van der Waals surface area contributed by atoms with E-state index in [0.717, 1.165) is 34.2 Å². The van der Waals surface area contributed by atoms with Gasteiger partial charge in [-0.05, 0) is 61.2 Å². The van der Waals surface area contributed by atoms with Crippen LogP contribution in [0, 0.1) is 6.92 Å². The van der Waals surface area contributed by atoms with E-state index in [1.165, 1.54) is 27.8 Å². The third-order valence-electron chi connectivity index (χ3n) is 6.43. The minimum atomic E-state index is 0.102. The molecule has 2 unspecified atom stereocenters. The van der Waals surface area contributed by atoms with Gasteiger partial charge in [0.15, 0.2) is 0 Å². The first kappa shape index (κ1) is 22.8. The summed E-state index contributed by atoms with van der Waals surface area (Å²) in [4.78, 5) is 9.68. The standard InChI is InChI=1S/C29H28ClN3S/c1-4-27-32-25-14-11-23(28(29-31-15-16-34-29)22-9-5-19(2)6-10-22)18-26(25)33(27)20(3)17-21-7-12-24(30)13-8-21/h5-16,18,20,28H,4,17H2,1-3H3. The van der Waals surface area contributed by atoms with E-state index >= 15 is 0 Å². The highest BCUT2D eigenvalue weighted by Crippen LogP contribution is 2.35. The summed E-state index contributed by atoms with van der Waals surface area (Å²) in [6.07, 6.45) is 3.71. The van der Waals surface area contributed by atoms with Crippen LogP contribution in [0.4, 0.5) is 0 Å². The molecule has 0 aliphatic rings. The Morgan fingerprint density at radius 1 is 0.971 bits per heavy atom. The van der Waals surface area contributed by atoms with Crippen molar-refractivity contribution in [3.05, 3.63) is 116 Å². The fourth-order valence-electron chi connectivity index (χ4n) is 4.75. The summed E-state index contributed by atoms with van der Waals surface area (Å²) in [6, 6.07) is 24.0. The van der Waals surface area contributed by atoms with Gasteiger partial charge in [0.05, 0.1) is 17.0 Å². The number of rotatable bonds is 7. The molecule has 3 aromatic carbocycles. The highest BCUT2D eigenvalue weighted by Gasteiger charge is 2.22. The molecule has 0 aliphatic carbocycles. The molecule has 0 radical (unpaired) electrons. The Kier molecular flexibility index (Phi) is 6.53. The number of aromatic nitrogens is 3. The summed E-state index contributed by atoms with van der Waals surface area (Å²) in [5, 5.41) is 3.94. The van der Waals surface area contributed by atoms with Gasteiger partial charge in [-0.25, -0.2) is 9.97 Å². The van der Waals surface area contributed by atoms with Gasteiger partial charge in [0.2, 0.25) is 0 Å². The van der Waals surface area contributed by atoms with Crippen molar-refractivity contribution < 1.29 is 0 Å². The predicted octanol–water partition coefficient (Wildman–Crippen LogP) is 8.00. The summed E-state index contributed by atoms with van der Waals surface area (Å²) in [5.41, 5.74) is 7.27. The number of nitrogens with zero attached hydrogens (tertiary/aromatic N) is 3. The SMILES string of the molecule is CCc1nc2ccc(C(c3ccc(C)cc3)c3nccs3)cc2n1C(C)Cc1ccc(Cl)cc1. The minimum absolute atomic E-state index is 0.102. The van der Waals surface area contributed by atoms with Crippen LogP contribution in [0.1, 0.15) is 58.9 Å². The van der Waals surface area contributed by atoms with Crippen LogP contribution < -0.4 is 0 Å². The van der Waals surface area contributed by atoms with Crippen LogP contribution in [0.5, 0.6) is 0 Å². The van der Waals surface area contributed by atoms with Crippen LogP contribution >= 0.6 is 22.9 Å². The zero-order valence-electron chi connectivity index (χ0n) is 19.7. The number of fused-ring (bicyclic) bond motifs is 1. The van der Waals surface area contributed by atoms with Crippen molar-refractivity contribution in [1.82, 2.24) is 14.5 Å². The molecule has 5 heteroatoms. The normalized spacial score (nSPS) is 13.3. The molecule has 5 rings (SSSR count). The molecular weight excluding hydrogens is 458 g/mol. The lowest BCUT2D eigenvalue weighted by molar-refractivity contribution is 0.537. The molecule has 0 fully saturated rings. The molecular formula is C29H28ClN3S. The Bertz CT molecular complexity index is 1390. The number of hydrogen-bond donors (Lipinski definition) is 0. The van der Waals surface area contributed by atoms with E-state index in [1.807, 2.05) is 18.3 Å². The molecule has 0 amide bonds. The topological polar surface area (TPSA) is 30.7 Å². The largest absolute Gasteiger partial charge is 0.325 e. The lowest BCUT2D eigenvalue weighted by Crippen LogP contribution is -2.12. The van der Waals surface area contributed by atoms with Gasteiger partial charge in [-0.1, -0.05) is 66.6 Å². The maximum absolute atomic E-state index is 6.10. The molecule has 0 aliphatic heterocycles. The summed E-state index contributed by atoms with van der Waals surface area (Å²) >= 11 is 7.81. The zero-order chi connectivity index (χ0) is 23.7. The second kappa shape index (κ2) is 9.73. The third-order valence-corrected chi connectivity index (χ3v) is 7.52. The zero-order valence-corrected chi connectivity index (χ0v) is 21.3. The molecule has 0 saturated heterocycles. The second-order valence-corrected chi connectivity index (χ2v) is 10.3. The van der Waals surface area contributed by atoms with Gasteiger partial charge in [-0.2, -0.15) is 0 Å². The van der Waals surface area contributed by atoms with Gasteiger partial charge in [0, 0.05) is 29.1 Å². The number of thiazole rings is 1. The first-order valence-corrected chi connectivity index (χ1v) is 13.0. The van der Waals surface area contributed by atoms with E-state index in [2.05, 4.69) is 85.3 Å². The Labute approximate surface area is 210 Å². The second-order valence-electron chi connectivity index (χ2n) is 8.89. The van der Waals surface area contributed by atoms with Gasteiger partial charge in [-0.3, -0.25) is 0 Å². The average Bonchev–Trinajstić information content (AvgIpc) is 3.50. The summed E-state index contributed by atoms with van der Waals surface area (Å²) in [7, 11) is 0. The highest BCUT2D eigenvalue weighted by molar-refractivity contribution is 7.09. The Morgan fingerprint density at radius 2 is 1.71 bits per heavy atom. The molecule has 34 heavy (non-hydrogen) atoms. The van der Waals surface area contributed by atoms with Gasteiger partial charge in [0.1, 0.15) is 10.8 Å². The van der Waals surface area contributed by atoms with Crippen molar-refractivity contribution in [3.8, 4) is 0 Å². The smallest absolute Gasteiger partial charge is 0.109 e. The van der Waals surface area contributed by atoms with Crippen molar-refractivity contribution in [2.45, 2.75) is 45.6 Å². The lowest BCUT2D eigenvalue weighted by Gasteiger charge is -2.20. The lowest BCUT2D eigenvalue weighted by atomic mass is 9.91. The molecule has 0 spiro atoms. The predicted molar refractivity (Wildman–Crippen MR) is 143 cm³/mol. The first-order valence-electron chi connectivity index (χ1n) is 11.7. The monoisotopic (exact) mass is 485 g/mol. The van der Waals surface area contributed by atoms with Crippen LogP contribution in [0.3, 0.4) is 0 Å². The molecule has 0 bridgehead atoms. The highest BCUT2D eigenvalue weighted by atomic mass is 35.5.